The van der Waals surface area contributed by atoms with Crippen LogP contribution in [-0.4, -0.2) is 15.2 Å². The first-order valence-electron chi connectivity index (χ1n) is 4.84. The average Bonchev–Trinajstić information content (AvgIpc) is 2.28. The molecule has 2 unspecified atom stereocenters. The largest absolute Gasteiger partial charge is 0.299 e. The second-order valence-electron chi connectivity index (χ2n) is 3.60. The first-order chi connectivity index (χ1) is 7.84. The van der Waals surface area contributed by atoms with Gasteiger partial charge in [0.25, 0.3) is 0 Å². The van der Waals surface area contributed by atoms with Gasteiger partial charge in [0.05, 0.1) is 21.0 Å². The molecule has 0 aliphatic heterocycles. The van der Waals surface area contributed by atoms with Gasteiger partial charge in [0.2, 0.25) is 0 Å². The Labute approximate surface area is 118 Å². The maximum absolute atomic E-state index is 11.9. The van der Waals surface area contributed by atoms with Gasteiger partial charge in [-0.05, 0) is 26.0 Å². The summed E-state index contributed by atoms with van der Waals surface area (Å²) in [4.78, 5) is 11.1. The molecule has 1 aromatic rings. The SMILES string of the molecule is CC(=O)C(C)S(=O)Cc1c(Cl)ccc(Cl)c1Cl. The molecule has 0 spiro atoms. The molecule has 0 aromatic heterocycles. The van der Waals surface area contributed by atoms with Crippen molar-refractivity contribution in [1.82, 2.24) is 0 Å². The molecule has 0 N–H and O–H groups in total. The standard InChI is InChI=1S/C11H11Cl3O2S/c1-6(15)7(2)17(16)5-8-9(12)3-4-10(13)11(8)14/h3-4,7H,5H2,1-2H3. The lowest BCUT2D eigenvalue weighted by atomic mass is 10.2. The van der Waals surface area contributed by atoms with Gasteiger partial charge in [-0.3, -0.25) is 9.00 Å². The molecule has 0 bridgehead atoms. The zero-order valence-corrected chi connectivity index (χ0v) is 12.4. The van der Waals surface area contributed by atoms with Gasteiger partial charge in [0.15, 0.2) is 0 Å². The fourth-order valence-electron chi connectivity index (χ4n) is 1.15. The van der Waals surface area contributed by atoms with Crippen LogP contribution < -0.4 is 0 Å². The van der Waals surface area contributed by atoms with Crippen molar-refractivity contribution < 1.29 is 9.00 Å². The van der Waals surface area contributed by atoms with Crippen molar-refractivity contribution in [3.05, 3.63) is 32.8 Å². The molecule has 0 radical (unpaired) electrons. The molecule has 0 aliphatic rings. The van der Waals surface area contributed by atoms with Gasteiger partial charge < -0.3 is 0 Å². The molecule has 17 heavy (non-hydrogen) atoms. The second kappa shape index (κ2) is 6.19. The van der Waals surface area contributed by atoms with E-state index in [4.69, 9.17) is 34.8 Å². The Kier molecular flexibility index (Phi) is 5.45. The van der Waals surface area contributed by atoms with Gasteiger partial charge >= 0.3 is 0 Å². The van der Waals surface area contributed by atoms with E-state index in [0.717, 1.165) is 0 Å². The van der Waals surface area contributed by atoms with Crippen LogP contribution in [0.25, 0.3) is 0 Å². The van der Waals surface area contributed by atoms with Gasteiger partial charge in [-0.1, -0.05) is 34.8 Å². The Hall–Kier alpha value is -0.0900. The lowest BCUT2D eigenvalue weighted by Gasteiger charge is -2.11. The minimum atomic E-state index is -1.35. The van der Waals surface area contributed by atoms with Crippen LogP contribution in [0, 0.1) is 0 Å². The highest BCUT2D eigenvalue weighted by atomic mass is 35.5. The summed E-state index contributed by atoms with van der Waals surface area (Å²) in [5.41, 5.74) is 0.521. The lowest BCUT2D eigenvalue weighted by Crippen LogP contribution is -2.21. The van der Waals surface area contributed by atoms with Crippen LogP contribution in [0.4, 0.5) is 0 Å². The zero-order valence-electron chi connectivity index (χ0n) is 9.30. The van der Waals surface area contributed by atoms with Crippen molar-refractivity contribution in [2.75, 3.05) is 0 Å². The van der Waals surface area contributed by atoms with E-state index < -0.39 is 16.0 Å². The van der Waals surface area contributed by atoms with E-state index in [-0.39, 0.29) is 11.5 Å². The van der Waals surface area contributed by atoms with Crippen molar-refractivity contribution in [1.29, 1.82) is 0 Å². The minimum absolute atomic E-state index is 0.124. The van der Waals surface area contributed by atoms with Crippen LogP contribution in [0.2, 0.25) is 15.1 Å². The van der Waals surface area contributed by atoms with Crippen molar-refractivity contribution in [3.8, 4) is 0 Å². The lowest BCUT2D eigenvalue weighted by molar-refractivity contribution is -0.116. The Bertz CT molecular complexity index is 474. The van der Waals surface area contributed by atoms with Crippen molar-refractivity contribution >= 4 is 51.4 Å². The summed E-state index contributed by atoms with van der Waals surface area (Å²) in [7, 11) is -1.35. The fourth-order valence-corrected chi connectivity index (χ4v) is 3.20. The highest BCUT2D eigenvalue weighted by Crippen LogP contribution is 2.32. The first kappa shape index (κ1) is 15.0. The van der Waals surface area contributed by atoms with Crippen LogP contribution in [0.5, 0.6) is 0 Å². The number of benzene rings is 1. The predicted octanol–water partition coefficient (Wildman–Crippen LogP) is 3.87. The minimum Gasteiger partial charge on any atom is -0.299 e. The molecule has 6 heteroatoms. The number of carbonyl (C=O) groups excluding carboxylic acids is 1. The topological polar surface area (TPSA) is 34.1 Å². The quantitative estimate of drug-likeness (QED) is 0.791. The molecule has 0 aliphatic carbocycles. The Morgan fingerprint density at radius 1 is 1.29 bits per heavy atom. The molecule has 0 fully saturated rings. The number of hydrogen-bond acceptors (Lipinski definition) is 2. The van der Waals surface area contributed by atoms with Crippen LogP contribution in [0.1, 0.15) is 19.4 Å². The van der Waals surface area contributed by atoms with E-state index >= 15 is 0 Å². The monoisotopic (exact) mass is 312 g/mol. The fraction of sp³-hybridized carbons (Fsp3) is 0.364. The summed E-state index contributed by atoms with van der Waals surface area (Å²) >= 11 is 17.8. The van der Waals surface area contributed by atoms with Gasteiger partial charge in [-0.25, -0.2) is 0 Å². The van der Waals surface area contributed by atoms with E-state index in [2.05, 4.69) is 0 Å². The molecular weight excluding hydrogens is 303 g/mol. The maximum atomic E-state index is 11.9. The summed E-state index contributed by atoms with van der Waals surface area (Å²) in [5.74, 6) is -0.00323. The molecule has 0 heterocycles. The number of Topliss-reactive ketones (excluding diaryl/α,β-unsaturated/α-hetero) is 1. The molecule has 1 rings (SSSR count). The second-order valence-corrected chi connectivity index (χ2v) is 6.55. The summed E-state index contributed by atoms with van der Waals surface area (Å²) < 4.78 is 11.9. The number of rotatable bonds is 4. The summed E-state index contributed by atoms with van der Waals surface area (Å²) in [5, 5.41) is 0.520. The Morgan fingerprint density at radius 2 is 1.82 bits per heavy atom. The highest BCUT2D eigenvalue weighted by molar-refractivity contribution is 7.85. The van der Waals surface area contributed by atoms with Gasteiger partial charge in [0.1, 0.15) is 5.78 Å². The van der Waals surface area contributed by atoms with Crippen molar-refractivity contribution in [2.24, 2.45) is 0 Å². The molecule has 0 amide bonds. The zero-order chi connectivity index (χ0) is 13.2. The van der Waals surface area contributed by atoms with Crippen molar-refractivity contribution in [3.63, 3.8) is 0 Å². The van der Waals surface area contributed by atoms with E-state index in [0.29, 0.717) is 20.6 Å². The molecular formula is C11H11Cl3O2S. The first-order valence-corrected chi connectivity index (χ1v) is 7.36. The molecule has 0 saturated carbocycles. The molecule has 1 aromatic carbocycles. The third-order valence-corrected chi connectivity index (χ3v) is 5.28. The van der Waals surface area contributed by atoms with Crippen LogP contribution >= 0.6 is 34.8 Å². The van der Waals surface area contributed by atoms with Crippen LogP contribution in [-0.2, 0) is 21.3 Å². The maximum Gasteiger partial charge on any atom is 0.145 e. The highest BCUT2D eigenvalue weighted by Gasteiger charge is 2.19. The predicted molar refractivity (Wildman–Crippen MR) is 73.5 cm³/mol. The van der Waals surface area contributed by atoms with Gasteiger partial charge in [-0.15, -0.1) is 0 Å². The Balaban J connectivity index is 3.00. The van der Waals surface area contributed by atoms with Crippen molar-refractivity contribution in [2.45, 2.75) is 24.9 Å². The van der Waals surface area contributed by atoms with Gasteiger partial charge in [-0.2, -0.15) is 0 Å². The van der Waals surface area contributed by atoms with Gasteiger partial charge in [0, 0.05) is 21.4 Å². The van der Waals surface area contributed by atoms with E-state index in [1.54, 1.807) is 19.1 Å². The Morgan fingerprint density at radius 3 is 2.35 bits per heavy atom. The van der Waals surface area contributed by atoms with E-state index in [9.17, 15) is 9.00 Å². The number of carbonyl (C=O) groups is 1. The molecule has 2 atom stereocenters. The normalized spacial score (nSPS) is 14.4. The number of hydrogen-bond donors (Lipinski definition) is 0. The third-order valence-electron chi connectivity index (χ3n) is 2.39. The van der Waals surface area contributed by atoms with Crippen LogP contribution in [0.15, 0.2) is 12.1 Å². The summed E-state index contributed by atoms with van der Waals surface area (Å²) in [6, 6.07) is 3.17. The third kappa shape index (κ3) is 3.68. The van der Waals surface area contributed by atoms with E-state index in [1.165, 1.54) is 6.92 Å². The molecule has 0 saturated heterocycles. The summed E-state index contributed by atoms with van der Waals surface area (Å²) in [6.45, 7) is 3.02. The van der Waals surface area contributed by atoms with Crippen LogP contribution in [0.3, 0.4) is 0 Å². The summed E-state index contributed by atoms with van der Waals surface area (Å²) in [6.07, 6.45) is 0. The molecule has 2 nitrogen and oxygen atoms in total. The molecule has 94 valence electrons. The van der Waals surface area contributed by atoms with E-state index in [1.807, 2.05) is 0 Å². The smallest absolute Gasteiger partial charge is 0.145 e. The number of halogens is 3. The number of ketones is 1. The average molecular weight is 314 g/mol.